The van der Waals surface area contributed by atoms with Crippen LogP contribution in [-0.4, -0.2) is 38.6 Å². The minimum Gasteiger partial charge on any atom is -0.497 e. The van der Waals surface area contributed by atoms with Gasteiger partial charge in [0.05, 0.1) is 19.1 Å². The Balaban J connectivity index is 1.69. The van der Waals surface area contributed by atoms with Crippen LogP contribution in [0.15, 0.2) is 48.5 Å². The number of likely N-dealkylation sites (N-methyl/N-ethyl adjacent to an activating group) is 1. The summed E-state index contributed by atoms with van der Waals surface area (Å²) < 4.78 is 18.5. The molecule has 27 heavy (non-hydrogen) atoms. The molecular weight excluding hydrogens is 343 g/mol. The largest absolute Gasteiger partial charge is 0.497 e. The van der Waals surface area contributed by atoms with E-state index >= 15 is 0 Å². The zero-order chi connectivity index (χ0) is 19.4. The molecule has 0 heterocycles. The van der Waals surface area contributed by atoms with Crippen molar-refractivity contribution in [2.24, 2.45) is 5.92 Å². The summed E-state index contributed by atoms with van der Waals surface area (Å²) in [5, 5.41) is 3.12. The smallest absolute Gasteiger partial charge is 0.227 e. The van der Waals surface area contributed by atoms with E-state index < -0.39 is 0 Å². The molecule has 1 amide bonds. The molecular formula is C22H27FN2O2. The maximum Gasteiger partial charge on any atom is 0.227 e. The normalized spacial score (nSPS) is 16.0. The van der Waals surface area contributed by atoms with Crippen LogP contribution in [0.25, 0.3) is 0 Å². The molecule has 4 nitrogen and oxygen atoms in total. The highest BCUT2D eigenvalue weighted by Crippen LogP contribution is 2.42. The van der Waals surface area contributed by atoms with E-state index in [9.17, 15) is 9.18 Å². The first-order valence-electron chi connectivity index (χ1n) is 9.33. The van der Waals surface area contributed by atoms with Gasteiger partial charge in [-0.25, -0.2) is 4.39 Å². The van der Waals surface area contributed by atoms with Crippen LogP contribution in [-0.2, 0) is 4.79 Å². The van der Waals surface area contributed by atoms with Gasteiger partial charge in [0, 0.05) is 6.54 Å². The van der Waals surface area contributed by atoms with Crippen molar-refractivity contribution in [2.75, 3.05) is 27.7 Å². The highest BCUT2D eigenvalue weighted by Gasteiger charge is 2.37. The van der Waals surface area contributed by atoms with Gasteiger partial charge in [0.2, 0.25) is 5.91 Å². The first-order chi connectivity index (χ1) is 13.0. The van der Waals surface area contributed by atoms with Gasteiger partial charge in [0.15, 0.2) is 0 Å². The van der Waals surface area contributed by atoms with E-state index in [4.69, 9.17) is 4.74 Å². The highest BCUT2D eigenvalue weighted by atomic mass is 19.1. The molecule has 0 spiro atoms. The van der Waals surface area contributed by atoms with Gasteiger partial charge in [-0.3, -0.25) is 4.79 Å². The third-order valence-electron chi connectivity index (χ3n) is 5.20. The van der Waals surface area contributed by atoms with Gasteiger partial charge in [0.1, 0.15) is 11.6 Å². The second kappa shape index (κ2) is 8.53. The fourth-order valence-corrected chi connectivity index (χ4v) is 3.47. The van der Waals surface area contributed by atoms with Gasteiger partial charge in [-0.1, -0.05) is 24.3 Å². The molecule has 0 aromatic heterocycles. The summed E-state index contributed by atoms with van der Waals surface area (Å²) in [6.45, 7) is 0.516. The highest BCUT2D eigenvalue weighted by molar-refractivity contribution is 5.84. The maximum atomic E-state index is 13.2. The van der Waals surface area contributed by atoms with Crippen LogP contribution in [0.3, 0.4) is 0 Å². The molecule has 2 atom stereocenters. The van der Waals surface area contributed by atoms with E-state index in [1.807, 2.05) is 38.4 Å². The predicted octanol–water partition coefficient (Wildman–Crippen LogP) is 3.75. The molecule has 0 bridgehead atoms. The average molecular weight is 370 g/mol. The molecule has 2 aromatic carbocycles. The number of hydrogen-bond donors (Lipinski definition) is 1. The number of benzene rings is 2. The Morgan fingerprint density at radius 2 is 1.70 bits per heavy atom. The zero-order valence-corrected chi connectivity index (χ0v) is 16.1. The summed E-state index contributed by atoms with van der Waals surface area (Å²) in [6.07, 6.45) is 2.09. The second-order valence-electron chi connectivity index (χ2n) is 7.36. The number of methoxy groups -OCH3 is 1. The summed E-state index contributed by atoms with van der Waals surface area (Å²) >= 11 is 0. The Morgan fingerprint density at radius 3 is 2.22 bits per heavy atom. The topological polar surface area (TPSA) is 41.6 Å². The van der Waals surface area contributed by atoms with Crippen LogP contribution in [0.2, 0.25) is 0 Å². The minimum atomic E-state index is -0.277. The number of carbonyl (C=O) groups is 1. The van der Waals surface area contributed by atoms with Gasteiger partial charge < -0.3 is 15.0 Å². The molecule has 0 radical (unpaired) electrons. The molecule has 2 unspecified atom stereocenters. The summed E-state index contributed by atoms with van der Waals surface area (Å²) in [4.78, 5) is 15.0. The van der Waals surface area contributed by atoms with Crippen LogP contribution in [0.5, 0.6) is 5.75 Å². The monoisotopic (exact) mass is 370 g/mol. The summed E-state index contributed by atoms with van der Waals surface area (Å²) in [5.74, 6) is 0.703. The fraction of sp³-hybridized carbons (Fsp3) is 0.409. The van der Waals surface area contributed by atoms with E-state index in [1.165, 1.54) is 12.1 Å². The zero-order valence-electron chi connectivity index (χ0n) is 16.1. The van der Waals surface area contributed by atoms with Gasteiger partial charge >= 0.3 is 0 Å². The van der Waals surface area contributed by atoms with Gasteiger partial charge in [-0.2, -0.15) is 0 Å². The van der Waals surface area contributed by atoms with Crippen molar-refractivity contribution < 1.29 is 13.9 Å². The molecule has 1 aliphatic rings. The lowest BCUT2D eigenvalue weighted by molar-refractivity contribution is -0.123. The number of rotatable bonds is 8. The third kappa shape index (κ3) is 4.86. The summed E-state index contributed by atoms with van der Waals surface area (Å²) in [7, 11) is 5.64. The van der Waals surface area contributed by atoms with Gasteiger partial charge in [-0.15, -0.1) is 0 Å². The van der Waals surface area contributed by atoms with E-state index in [0.29, 0.717) is 12.5 Å². The summed E-state index contributed by atoms with van der Waals surface area (Å²) in [6, 6.07) is 14.3. The first kappa shape index (κ1) is 19.4. The molecule has 5 heteroatoms. The Kier molecular flexibility index (Phi) is 6.11. The van der Waals surface area contributed by atoms with Gasteiger partial charge in [-0.05, 0) is 68.2 Å². The quantitative estimate of drug-likeness (QED) is 0.770. The molecule has 144 valence electrons. The molecule has 3 rings (SSSR count). The van der Waals surface area contributed by atoms with Crippen LogP contribution >= 0.6 is 0 Å². The molecule has 1 aliphatic carbocycles. The molecule has 0 aliphatic heterocycles. The number of halogens is 1. The SMILES string of the molecule is COc1ccc(C(CNC(=O)C(c2ccc(F)cc2)C2CC2)N(C)C)cc1. The lowest BCUT2D eigenvalue weighted by Gasteiger charge is -2.26. The van der Waals surface area contributed by atoms with E-state index in [2.05, 4.69) is 10.2 Å². The number of nitrogens with one attached hydrogen (secondary N) is 1. The van der Waals surface area contributed by atoms with Crippen molar-refractivity contribution in [3.05, 3.63) is 65.5 Å². The Bertz CT molecular complexity index is 755. The van der Waals surface area contributed by atoms with Crippen LogP contribution in [0.1, 0.15) is 35.9 Å². The maximum absolute atomic E-state index is 13.2. The molecule has 1 fully saturated rings. The lowest BCUT2D eigenvalue weighted by atomic mass is 9.93. The van der Waals surface area contributed by atoms with Crippen molar-refractivity contribution in [3.63, 3.8) is 0 Å². The predicted molar refractivity (Wildman–Crippen MR) is 104 cm³/mol. The van der Waals surface area contributed by atoms with Crippen LogP contribution in [0.4, 0.5) is 4.39 Å². The van der Waals surface area contributed by atoms with Crippen molar-refractivity contribution >= 4 is 5.91 Å². The standard InChI is InChI=1S/C22H27FN2O2/c1-25(2)20(15-8-12-19(27-3)13-9-15)14-24-22(26)21(16-4-5-16)17-6-10-18(23)11-7-17/h6-13,16,20-21H,4-5,14H2,1-3H3,(H,24,26). The summed E-state index contributed by atoms with van der Waals surface area (Å²) in [5.41, 5.74) is 2.01. The van der Waals surface area contributed by atoms with E-state index in [-0.39, 0.29) is 23.7 Å². The second-order valence-corrected chi connectivity index (χ2v) is 7.36. The van der Waals surface area contributed by atoms with Crippen LogP contribution in [0, 0.1) is 11.7 Å². The first-order valence-corrected chi connectivity index (χ1v) is 9.33. The number of nitrogens with zero attached hydrogens (tertiary/aromatic N) is 1. The minimum absolute atomic E-state index is 0.0180. The Labute approximate surface area is 160 Å². The van der Waals surface area contributed by atoms with E-state index in [0.717, 1.165) is 29.7 Å². The van der Waals surface area contributed by atoms with Gasteiger partial charge in [0.25, 0.3) is 0 Å². The Hall–Kier alpha value is -2.40. The molecule has 0 saturated heterocycles. The van der Waals surface area contributed by atoms with E-state index in [1.54, 1.807) is 19.2 Å². The van der Waals surface area contributed by atoms with Crippen LogP contribution < -0.4 is 10.1 Å². The fourth-order valence-electron chi connectivity index (χ4n) is 3.47. The third-order valence-corrected chi connectivity index (χ3v) is 5.20. The molecule has 2 aromatic rings. The number of ether oxygens (including phenoxy) is 1. The lowest BCUT2D eigenvalue weighted by Crippen LogP contribution is -2.37. The average Bonchev–Trinajstić information content (AvgIpc) is 3.49. The van der Waals surface area contributed by atoms with Crippen molar-refractivity contribution in [1.82, 2.24) is 10.2 Å². The number of carbonyl (C=O) groups excluding carboxylic acids is 1. The number of amides is 1. The Morgan fingerprint density at radius 1 is 1.11 bits per heavy atom. The van der Waals surface area contributed by atoms with Crippen molar-refractivity contribution in [1.29, 1.82) is 0 Å². The number of hydrogen-bond acceptors (Lipinski definition) is 3. The van der Waals surface area contributed by atoms with Crippen molar-refractivity contribution in [3.8, 4) is 5.75 Å². The molecule has 1 saturated carbocycles. The molecule has 1 N–H and O–H groups in total. The van der Waals surface area contributed by atoms with Crippen molar-refractivity contribution in [2.45, 2.75) is 24.8 Å².